The van der Waals surface area contributed by atoms with Crippen LogP contribution in [0.5, 0.6) is 0 Å². The van der Waals surface area contributed by atoms with Gasteiger partial charge in [0, 0.05) is 5.38 Å². The van der Waals surface area contributed by atoms with E-state index in [1.54, 1.807) is 0 Å². The number of benzene rings is 1. The van der Waals surface area contributed by atoms with Crippen molar-refractivity contribution in [1.29, 1.82) is 0 Å². The Morgan fingerprint density at radius 1 is 1.29 bits per heavy atom. The Labute approximate surface area is 110 Å². The van der Waals surface area contributed by atoms with Crippen LogP contribution in [-0.2, 0) is 11.0 Å². The van der Waals surface area contributed by atoms with Gasteiger partial charge in [0.2, 0.25) is 0 Å². The zero-order valence-electron chi connectivity index (χ0n) is 10.2. The molecule has 0 aliphatic heterocycles. The predicted molar refractivity (Wildman–Crippen MR) is 73.8 cm³/mol. The second-order valence-corrected chi connectivity index (χ2v) is 6.77. The van der Waals surface area contributed by atoms with Crippen LogP contribution >= 0.6 is 11.6 Å². The van der Waals surface area contributed by atoms with Crippen LogP contribution in [0.25, 0.3) is 0 Å². The van der Waals surface area contributed by atoms with E-state index in [9.17, 15) is 4.21 Å². The van der Waals surface area contributed by atoms with Crippen molar-refractivity contribution < 1.29 is 4.21 Å². The van der Waals surface area contributed by atoms with Crippen LogP contribution in [-0.4, -0.2) is 8.96 Å². The average Bonchev–Trinajstić information content (AvgIpc) is 2.28. The summed E-state index contributed by atoms with van der Waals surface area (Å²) in [7, 11) is -1.18. The van der Waals surface area contributed by atoms with E-state index >= 15 is 0 Å². The summed E-state index contributed by atoms with van der Waals surface area (Å²) >= 11 is 5.44. The molecular formula is C13H16ClNOS. The van der Waals surface area contributed by atoms with Gasteiger partial charge in [-0.25, -0.2) is 8.93 Å². The van der Waals surface area contributed by atoms with Crippen molar-refractivity contribution in [2.45, 2.75) is 31.6 Å². The van der Waals surface area contributed by atoms with E-state index in [4.69, 9.17) is 11.6 Å². The molecule has 1 aromatic rings. The van der Waals surface area contributed by atoms with Crippen molar-refractivity contribution >= 4 is 22.6 Å². The summed E-state index contributed by atoms with van der Waals surface area (Å²) in [6, 6.07) is 9.31. The Balaban J connectivity index is 2.88. The third-order valence-corrected chi connectivity index (χ3v) is 3.78. The van der Waals surface area contributed by atoms with E-state index in [1.165, 1.54) is 0 Å². The fraction of sp³-hybridized carbons (Fsp3) is 0.385. The van der Waals surface area contributed by atoms with E-state index in [2.05, 4.69) is 16.0 Å². The highest BCUT2D eigenvalue weighted by atomic mass is 35.5. The molecule has 0 amide bonds. The van der Waals surface area contributed by atoms with Crippen LogP contribution in [0.1, 0.15) is 32.4 Å². The lowest BCUT2D eigenvalue weighted by Crippen LogP contribution is -2.35. The Morgan fingerprint density at radius 2 is 1.88 bits per heavy atom. The zero-order chi connectivity index (χ0) is 12.9. The molecule has 0 aliphatic carbocycles. The lowest BCUT2D eigenvalue weighted by atomic mass is 10.1. The maximum absolute atomic E-state index is 12.0. The molecule has 0 fully saturated rings. The molecule has 0 saturated heterocycles. The summed E-state index contributed by atoms with van der Waals surface area (Å²) < 4.78 is 14.7. The number of hydrogen-bond donors (Lipinski definition) is 1. The molecule has 1 aromatic carbocycles. The van der Waals surface area contributed by atoms with Gasteiger partial charge in [-0.15, -0.1) is 0 Å². The molecule has 0 heterocycles. The van der Waals surface area contributed by atoms with Gasteiger partial charge in [-0.2, -0.15) is 0 Å². The van der Waals surface area contributed by atoms with E-state index in [0.29, 0.717) is 0 Å². The number of rotatable bonds is 3. The largest absolute Gasteiger partial charge is 0.242 e. The summed E-state index contributed by atoms with van der Waals surface area (Å²) in [4.78, 5) is 0. The molecule has 2 atom stereocenters. The van der Waals surface area contributed by atoms with E-state index in [-0.39, 0.29) is 10.8 Å². The van der Waals surface area contributed by atoms with E-state index in [0.717, 1.165) is 5.56 Å². The van der Waals surface area contributed by atoms with E-state index < -0.39 is 11.0 Å². The minimum atomic E-state index is -1.18. The first-order valence-electron chi connectivity index (χ1n) is 5.29. The summed E-state index contributed by atoms with van der Waals surface area (Å²) in [6.45, 7) is 5.73. The van der Waals surface area contributed by atoms with Crippen LogP contribution in [0.3, 0.4) is 0 Å². The molecule has 0 saturated carbocycles. The normalized spacial score (nSPS) is 14.6. The van der Waals surface area contributed by atoms with Crippen LogP contribution in [0.2, 0.25) is 0 Å². The van der Waals surface area contributed by atoms with Gasteiger partial charge in [0.05, 0.1) is 15.7 Å². The van der Waals surface area contributed by atoms with Gasteiger partial charge >= 0.3 is 0 Å². The first kappa shape index (κ1) is 14.2. The maximum Gasteiger partial charge on any atom is 0.107 e. The second kappa shape index (κ2) is 6.20. The Bertz CT molecular complexity index is 442. The van der Waals surface area contributed by atoms with E-state index in [1.807, 2.05) is 51.1 Å². The molecule has 1 rings (SSSR count). The average molecular weight is 270 g/mol. The van der Waals surface area contributed by atoms with Crippen molar-refractivity contribution in [3.63, 3.8) is 0 Å². The molecule has 17 heavy (non-hydrogen) atoms. The molecule has 0 radical (unpaired) electrons. The fourth-order valence-corrected chi connectivity index (χ4v) is 2.04. The lowest BCUT2D eigenvalue weighted by molar-refractivity contribution is 0.629. The summed E-state index contributed by atoms with van der Waals surface area (Å²) in [6.07, 6.45) is 0. The minimum absolute atomic E-state index is 0.311. The van der Waals surface area contributed by atoms with Gasteiger partial charge in [0.15, 0.2) is 0 Å². The predicted octanol–water partition coefficient (Wildman–Crippen LogP) is 2.98. The van der Waals surface area contributed by atoms with Gasteiger partial charge in [0.25, 0.3) is 0 Å². The van der Waals surface area contributed by atoms with Crippen LogP contribution < -0.4 is 4.72 Å². The fourth-order valence-electron chi connectivity index (χ4n) is 1.16. The third-order valence-electron chi connectivity index (χ3n) is 2.11. The van der Waals surface area contributed by atoms with Crippen molar-refractivity contribution in [3.8, 4) is 11.3 Å². The highest BCUT2D eigenvalue weighted by Crippen LogP contribution is 2.16. The van der Waals surface area contributed by atoms with Gasteiger partial charge in [-0.1, -0.05) is 36.3 Å². The van der Waals surface area contributed by atoms with Crippen molar-refractivity contribution in [1.82, 2.24) is 4.72 Å². The number of nitrogens with one attached hydrogen (secondary N) is 1. The topological polar surface area (TPSA) is 29.1 Å². The molecule has 0 aromatic heterocycles. The van der Waals surface area contributed by atoms with Gasteiger partial charge in [0.1, 0.15) is 6.04 Å². The van der Waals surface area contributed by atoms with Crippen LogP contribution in [0.4, 0.5) is 0 Å². The number of hydrogen-bond acceptors (Lipinski definition) is 1. The minimum Gasteiger partial charge on any atom is -0.242 e. The van der Waals surface area contributed by atoms with Crippen molar-refractivity contribution in [2.75, 3.05) is 0 Å². The molecule has 0 aliphatic rings. The molecule has 1 unspecified atom stereocenters. The molecule has 2 nitrogen and oxygen atoms in total. The smallest absolute Gasteiger partial charge is 0.107 e. The molecule has 4 heteroatoms. The maximum atomic E-state index is 12.0. The zero-order valence-corrected chi connectivity index (χ0v) is 11.7. The van der Waals surface area contributed by atoms with Crippen LogP contribution in [0.15, 0.2) is 30.3 Å². The highest BCUT2D eigenvalue weighted by Gasteiger charge is 2.22. The molecule has 92 valence electrons. The first-order valence-corrected chi connectivity index (χ1v) is 6.82. The molecule has 0 spiro atoms. The van der Waals surface area contributed by atoms with Gasteiger partial charge in [-0.05, 0) is 37.9 Å². The molecule has 1 N–H and O–H groups in total. The van der Waals surface area contributed by atoms with Crippen LogP contribution in [0, 0.1) is 11.3 Å². The second-order valence-electron chi connectivity index (χ2n) is 4.58. The highest BCUT2D eigenvalue weighted by molar-refractivity contribution is 7.84. The number of halogens is 1. The van der Waals surface area contributed by atoms with Gasteiger partial charge in [-0.3, -0.25) is 0 Å². The Kier molecular flexibility index (Phi) is 5.20. The quantitative estimate of drug-likeness (QED) is 0.840. The SMILES string of the molecule is CC(C)(C)S(=O)N[C@H](C#CCl)c1ccccc1. The summed E-state index contributed by atoms with van der Waals surface area (Å²) in [5.74, 6) is 2.81. The molecular weight excluding hydrogens is 254 g/mol. The lowest BCUT2D eigenvalue weighted by Gasteiger charge is -2.21. The Hall–Kier alpha value is -0.820. The summed E-state index contributed by atoms with van der Waals surface area (Å²) in [5.41, 5.74) is 0.957. The van der Waals surface area contributed by atoms with Gasteiger partial charge < -0.3 is 0 Å². The first-order chi connectivity index (χ1) is 7.95. The Morgan fingerprint density at radius 3 is 2.35 bits per heavy atom. The van der Waals surface area contributed by atoms with Crippen molar-refractivity contribution in [2.24, 2.45) is 0 Å². The monoisotopic (exact) mass is 269 g/mol. The third kappa shape index (κ3) is 4.51. The standard InChI is InChI=1S/C13H16ClNOS/c1-13(2,3)17(16)15-12(9-10-14)11-7-5-4-6-8-11/h4-8,12,15H,1-3H3/t12-,17?/m1/s1. The summed E-state index contributed by atoms with van der Waals surface area (Å²) in [5, 5.41) is 2.35. The van der Waals surface area contributed by atoms with Crippen molar-refractivity contribution in [3.05, 3.63) is 35.9 Å². The molecule has 0 bridgehead atoms.